The predicted molar refractivity (Wildman–Crippen MR) is 160 cm³/mol. The lowest BCUT2D eigenvalue weighted by Crippen LogP contribution is -2.64. The van der Waals surface area contributed by atoms with Crippen LogP contribution in [0.3, 0.4) is 0 Å². The van der Waals surface area contributed by atoms with Crippen molar-refractivity contribution in [1.29, 1.82) is 0 Å². The van der Waals surface area contributed by atoms with Crippen molar-refractivity contribution in [1.82, 2.24) is 25.8 Å². The van der Waals surface area contributed by atoms with Gasteiger partial charge in [-0.15, -0.1) is 0 Å². The number of nitrogens with zero attached hydrogens (tertiary/aromatic N) is 3. The molecule has 1 aromatic rings. The van der Waals surface area contributed by atoms with Crippen LogP contribution in [-0.4, -0.2) is 89.6 Å². The molecule has 6 atom stereocenters. The van der Waals surface area contributed by atoms with E-state index in [1.807, 2.05) is 55.6 Å². The van der Waals surface area contributed by atoms with Crippen LogP contribution in [0.5, 0.6) is 0 Å². The molecule has 1 aromatic carbocycles. The lowest BCUT2D eigenvalue weighted by Gasteiger charge is -2.50. The molecule has 1 spiro atoms. The molecule has 4 heterocycles. The number of nitrogens with one attached hydrogen (secondary N) is 3. The summed E-state index contributed by atoms with van der Waals surface area (Å²) >= 11 is 0. The van der Waals surface area contributed by atoms with E-state index in [4.69, 9.17) is 4.99 Å². The van der Waals surface area contributed by atoms with Crippen LogP contribution < -0.4 is 16.0 Å². The summed E-state index contributed by atoms with van der Waals surface area (Å²) in [6.45, 7) is 3.79. The molecule has 0 radical (unpaired) electrons. The molecule has 3 bridgehead atoms. The van der Waals surface area contributed by atoms with E-state index in [1.54, 1.807) is 4.90 Å². The highest BCUT2D eigenvalue weighted by Crippen LogP contribution is 2.49. The quantitative estimate of drug-likeness (QED) is 0.505. The Hall–Kier alpha value is -3.82. The fourth-order valence-corrected chi connectivity index (χ4v) is 7.63. The average Bonchev–Trinajstić information content (AvgIpc) is 3.62. The third-order valence-corrected chi connectivity index (χ3v) is 9.83. The zero-order valence-corrected chi connectivity index (χ0v) is 24.2. The molecule has 9 nitrogen and oxygen atoms in total. The first-order valence-corrected chi connectivity index (χ1v) is 15.1. The molecule has 3 amide bonds. The van der Waals surface area contributed by atoms with Crippen LogP contribution in [0.1, 0.15) is 31.7 Å². The van der Waals surface area contributed by atoms with Crippen molar-refractivity contribution in [3.8, 4) is 0 Å². The van der Waals surface area contributed by atoms with E-state index < -0.39 is 23.7 Å². The summed E-state index contributed by atoms with van der Waals surface area (Å²) in [6.07, 6.45) is 12.8. The predicted octanol–water partition coefficient (Wildman–Crippen LogP) is 1.65. The van der Waals surface area contributed by atoms with E-state index in [1.165, 1.54) is 5.57 Å². The Balaban J connectivity index is 1.29. The highest BCUT2D eigenvalue weighted by molar-refractivity contribution is 6.14. The van der Waals surface area contributed by atoms with E-state index in [9.17, 15) is 14.4 Å². The van der Waals surface area contributed by atoms with Gasteiger partial charge in [-0.1, -0.05) is 48.6 Å². The maximum Gasteiger partial charge on any atom is 0.246 e. The van der Waals surface area contributed by atoms with Gasteiger partial charge in [0.05, 0.1) is 11.8 Å². The van der Waals surface area contributed by atoms with Gasteiger partial charge in [-0.2, -0.15) is 0 Å². The smallest absolute Gasteiger partial charge is 0.246 e. The Kier molecular flexibility index (Phi) is 6.74. The maximum atomic E-state index is 14.2. The molecular formula is C33H38N6O3. The molecule has 9 heteroatoms. The topological polar surface area (TPSA) is 106 Å². The summed E-state index contributed by atoms with van der Waals surface area (Å²) in [5, 5.41) is 9.92. The van der Waals surface area contributed by atoms with Crippen LogP contribution in [0.2, 0.25) is 0 Å². The number of carbonyl (C=O) groups is 3. The first-order valence-electron chi connectivity index (χ1n) is 15.1. The lowest BCUT2D eigenvalue weighted by atomic mass is 9.64. The average molecular weight is 567 g/mol. The van der Waals surface area contributed by atoms with Gasteiger partial charge in [-0.3, -0.25) is 24.3 Å². The van der Waals surface area contributed by atoms with Crippen molar-refractivity contribution >= 4 is 23.4 Å². The molecule has 2 aliphatic carbocycles. The minimum Gasteiger partial charge on any atom is -0.343 e. The van der Waals surface area contributed by atoms with Gasteiger partial charge in [0.1, 0.15) is 17.6 Å². The minimum absolute atomic E-state index is 0.170. The molecule has 1 saturated carbocycles. The minimum atomic E-state index is -0.816. The van der Waals surface area contributed by atoms with Gasteiger partial charge in [0, 0.05) is 44.2 Å². The summed E-state index contributed by atoms with van der Waals surface area (Å²) in [5.41, 5.74) is 4.32. The van der Waals surface area contributed by atoms with E-state index in [0.717, 1.165) is 41.8 Å². The Morgan fingerprint density at radius 3 is 2.76 bits per heavy atom. The largest absolute Gasteiger partial charge is 0.343 e. The third kappa shape index (κ3) is 4.37. The number of rotatable bonds is 2. The Labute approximate surface area is 246 Å². The van der Waals surface area contributed by atoms with Crippen LogP contribution in [0, 0.1) is 5.92 Å². The number of fused-ring (bicyclic) bond motifs is 2. The van der Waals surface area contributed by atoms with Gasteiger partial charge in [-0.25, -0.2) is 0 Å². The van der Waals surface area contributed by atoms with Crippen molar-refractivity contribution < 1.29 is 14.4 Å². The van der Waals surface area contributed by atoms with Crippen molar-refractivity contribution in [3.05, 3.63) is 83.1 Å². The SMILES string of the molecule is C[C@@H]1NC[C@@H]2C=C3C4=CC=CC5=NC=C(C[C@H]3N(C)C2)C45NC(=O)[C@@H]2CCCN2C(=O)[C@H](Cc2ccccc2)NC1=O. The van der Waals surface area contributed by atoms with Gasteiger partial charge in [-0.05, 0) is 61.6 Å². The molecule has 2 fully saturated rings. The molecule has 1 unspecified atom stereocenters. The second kappa shape index (κ2) is 10.5. The fraction of sp³-hybridized carbons (Fsp3) is 0.455. The van der Waals surface area contributed by atoms with E-state index in [0.29, 0.717) is 25.9 Å². The summed E-state index contributed by atoms with van der Waals surface area (Å²) in [7, 11) is 2.15. The standard InChI is InChI=1S/C33H38N6O3/c1-20-30(40)36-26(15-21-8-4-3-5-9-21)32(42)39-13-7-11-27(39)31(41)37-33-23-16-28-24(14-22(17-34-20)19-38(28)2)25(33)10-6-12-29(33)35-18-23/h3-6,8-10,12,14,18,20,22,26-28,34H,7,11,13,15-17,19H2,1-2H3,(H,36,40)(H,37,41)/t20-,22-,26-,27-,28+,33?/m0/s1. The number of allylic oxidation sites excluding steroid dienone is 2. The van der Waals surface area contributed by atoms with Crippen LogP contribution in [0.15, 0.2) is 82.5 Å². The molecule has 4 aliphatic heterocycles. The first-order chi connectivity index (χ1) is 20.3. The summed E-state index contributed by atoms with van der Waals surface area (Å²) < 4.78 is 0. The van der Waals surface area contributed by atoms with Crippen molar-refractivity contribution in [2.24, 2.45) is 10.9 Å². The van der Waals surface area contributed by atoms with Gasteiger partial charge in [0.15, 0.2) is 0 Å². The molecule has 42 heavy (non-hydrogen) atoms. The summed E-state index contributed by atoms with van der Waals surface area (Å²) in [4.78, 5) is 50.7. The fourth-order valence-electron chi connectivity index (χ4n) is 7.63. The van der Waals surface area contributed by atoms with Crippen molar-refractivity contribution in [3.63, 3.8) is 0 Å². The van der Waals surface area contributed by atoms with Gasteiger partial charge < -0.3 is 20.9 Å². The normalized spacial score (nSPS) is 34.6. The van der Waals surface area contributed by atoms with Gasteiger partial charge >= 0.3 is 0 Å². The number of benzene rings is 1. The lowest BCUT2D eigenvalue weighted by molar-refractivity contribution is -0.141. The number of hydrogen-bond donors (Lipinski definition) is 3. The highest BCUT2D eigenvalue weighted by Gasteiger charge is 2.55. The molecule has 7 rings (SSSR count). The van der Waals surface area contributed by atoms with Gasteiger partial charge in [0.25, 0.3) is 0 Å². The molecule has 0 aromatic heterocycles. The number of hydrogen-bond acceptors (Lipinski definition) is 6. The monoisotopic (exact) mass is 566 g/mol. The number of likely N-dealkylation sites (N-methyl/N-ethyl adjacent to an activating group) is 1. The van der Waals surface area contributed by atoms with Crippen LogP contribution in [-0.2, 0) is 20.8 Å². The Morgan fingerprint density at radius 1 is 1.10 bits per heavy atom. The second-order valence-corrected chi connectivity index (χ2v) is 12.5. The maximum absolute atomic E-state index is 14.2. The Bertz CT molecular complexity index is 1480. The first kappa shape index (κ1) is 27.0. The number of carbonyl (C=O) groups excluding carboxylic acids is 3. The molecule has 6 aliphatic rings. The van der Waals surface area contributed by atoms with Crippen LogP contribution >= 0.6 is 0 Å². The van der Waals surface area contributed by atoms with Crippen LogP contribution in [0.4, 0.5) is 0 Å². The van der Waals surface area contributed by atoms with Crippen LogP contribution in [0.25, 0.3) is 0 Å². The number of amides is 3. The van der Waals surface area contributed by atoms with Crippen molar-refractivity contribution in [2.75, 3.05) is 26.7 Å². The number of aliphatic imine (C=N–C) groups is 1. The summed E-state index contributed by atoms with van der Waals surface area (Å²) in [6, 6.07) is 8.02. The zero-order chi connectivity index (χ0) is 29.0. The van der Waals surface area contributed by atoms with E-state index in [2.05, 4.69) is 40.0 Å². The third-order valence-electron chi connectivity index (χ3n) is 9.83. The van der Waals surface area contributed by atoms with Gasteiger partial charge in [0.2, 0.25) is 17.7 Å². The molecular weight excluding hydrogens is 528 g/mol. The zero-order valence-electron chi connectivity index (χ0n) is 24.2. The van der Waals surface area contributed by atoms with E-state index in [-0.39, 0.29) is 29.7 Å². The molecule has 3 N–H and O–H groups in total. The molecule has 218 valence electrons. The second-order valence-electron chi connectivity index (χ2n) is 12.5. The summed E-state index contributed by atoms with van der Waals surface area (Å²) in [5.74, 6) is -0.437. The Morgan fingerprint density at radius 2 is 1.93 bits per heavy atom. The van der Waals surface area contributed by atoms with Crippen molar-refractivity contribution in [2.45, 2.75) is 62.3 Å². The molecule has 1 saturated heterocycles. The van der Waals surface area contributed by atoms with E-state index >= 15 is 0 Å². The highest BCUT2D eigenvalue weighted by atomic mass is 16.2.